The predicted octanol–water partition coefficient (Wildman–Crippen LogP) is 0.558. The number of rotatable bonds is 4. The summed E-state index contributed by atoms with van der Waals surface area (Å²) >= 11 is 0. The SMILES string of the molecule is COCOCC1OC(=O)C[C@@H]1C. The Hall–Kier alpha value is -0.610. The maximum Gasteiger partial charge on any atom is 0.306 e. The van der Waals surface area contributed by atoms with Crippen molar-refractivity contribution in [3.63, 3.8) is 0 Å². The van der Waals surface area contributed by atoms with Crippen LogP contribution < -0.4 is 0 Å². The molecule has 0 aromatic heterocycles. The molecular formula is C8H14O4. The summed E-state index contributed by atoms with van der Waals surface area (Å²) in [6.07, 6.45) is 0.411. The fourth-order valence-electron chi connectivity index (χ4n) is 1.17. The summed E-state index contributed by atoms with van der Waals surface area (Å²) < 4.78 is 14.8. The quantitative estimate of drug-likeness (QED) is 0.355. The molecule has 0 aromatic carbocycles. The molecule has 2 atom stereocenters. The topological polar surface area (TPSA) is 44.8 Å². The molecule has 0 aliphatic carbocycles. The summed E-state index contributed by atoms with van der Waals surface area (Å²) in [6, 6.07) is 0. The van der Waals surface area contributed by atoms with Crippen LogP contribution >= 0.6 is 0 Å². The van der Waals surface area contributed by atoms with E-state index < -0.39 is 0 Å². The largest absolute Gasteiger partial charge is 0.460 e. The molecule has 0 radical (unpaired) electrons. The van der Waals surface area contributed by atoms with Gasteiger partial charge < -0.3 is 14.2 Å². The van der Waals surface area contributed by atoms with Gasteiger partial charge in [-0.15, -0.1) is 0 Å². The van der Waals surface area contributed by atoms with Gasteiger partial charge >= 0.3 is 5.97 Å². The summed E-state index contributed by atoms with van der Waals surface area (Å²) in [5, 5.41) is 0. The van der Waals surface area contributed by atoms with Crippen LogP contribution in [0.1, 0.15) is 13.3 Å². The van der Waals surface area contributed by atoms with Crippen LogP contribution in [-0.4, -0.2) is 32.6 Å². The van der Waals surface area contributed by atoms with E-state index in [1.807, 2.05) is 6.92 Å². The molecule has 0 aromatic rings. The first-order valence-corrected chi connectivity index (χ1v) is 4.00. The zero-order valence-electron chi connectivity index (χ0n) is 7.41. The molecule has 0 N–H and O–H groups in total. The number of carbonyl (C=O) groups excluding carboxylic acids is 1. The third kappa shape index (κ3) is 2.46. The Kier molecular flexibility index (Phi) is 3.49. The molecule has 0 bridgehead atoms. The molecule has 1 heterocycles. The van der Waals surface area contributed by atoms with E-state index in [0.29, 0.717) is 13.0 Å². The number of hydrogen-bond donors (Lipinski definition) is 0. The number of ether oxygens (including phenoxy) is 3. The highest BCUT2D eigenvalue weighted by molar-refractivity contribution is 5.71. The highest BCUT2D eigenvalue weighted by Crippen LogP contribution is 2.21. The van der Waals surface area contributed by atoms with Crippen molar-refractivity contribution >= 4 is 5.97 Å². The fourth-order valence-corrected chi connectivity index (χ4v) is 1.17. The molecule has 0 spiro atoms. The molecular weight excluding hydrogens is 160 g/mol. The van der Waals surface area contributed by atoms with E-state index in [9.17, 15) is 4.79 Å². The zero-order valence-corrected chi connectivity index (χ0v) is 7.41. The molecule has 0 amide bonds. The number of methoxy groups -OCH3 is 1. The van der Waals surface area contributed by atoms with E-state index in [0.717, 1.165) is 0 Å². The van der Waals surface area contributed by atoms with Crippen molar-refractivity contribution < 1.29 is 19.0 Å². The molecule has 1 rings (SSSR count). The number of hydrogen-bond acceptors (Lipinski definition) is 4. The molecule has 1 fully saturated rings. The number of cyclic esters (lactones) is 1. The first-order valence-electron chi connectivity index (χ1n) is 4.00. The molecule has 70 valence electrons. The second-order valence-electron chi connectivity index (χ2n) is 2.99. The lowest BCUT2D eigenvalue weighted by atomic mass is 10.1. The van der Waals surface area contributed by atoms with E-state index in [1.54, 1.807) is 7.11 Å². The van der Waals surface area contributed by atoms with Gasteiger partial charge in [-0.3, -0.25) is 4.79 Å². The third-order valence-corrected chi connectivity index (χ3v) is 1.89. The number of carbonyl (C=O) groups is 1. The maximum atomic E-state index is 10.8. The van der Waals surface area contributed by atoms with Crippen molar-refractivity contribution in [3.8, 4) is 0 Å². The molecule has 12 heavy (non-hydrogen) atoms. The normalized spacial score (nSPS) is 29.0. The highest BCUT2D eigenvalue weighted by atomic mass is 16.7. The molecule has 4 nitrogen and oxygen atoms in total. The lowest BCUT2D eigenvalue weighted by Crippen LogP contribution is -2.21. The van der Waals surface area contributed by atoms with Crippen molar-refractivity contribution in [2.45, 2.75) is 19.4 Å². The molecule has 1 unspecified atom stereocenters. The number of esters is 1. The van der Waals surface area contributed by atoms with Crippen LogP contribution in [0.3, 0.4) is 0 Å². The van der Waals surface area contributed by atoms with Gasteiger partial charge in [-0.05, 0) is 0 Å². The summed E-state index contributed by atoms with van der Waals surface area (Å²) in [5.74, 6) is 0.128. The molecule has 1 saturated heterocycles. The van der Waals surface area contributed by atoms with E-state index in [2.05, 4.69) is 0 Å². The van der Waals surface area contributed by atoms with Gasteiger partial charge in [0.05, 0.1) is 13.0 Å². The van der Waals surface area contributed by atoms with Gasteiger partial charge in [0.1, 0.15) is 12.9 Å². The van der Waals surface area contributed by atoms with Crippen LogP contribution in [0.25, 0.3) is 0 Å². The first-order chi connectivity index (χ1) is 5.74. The maximum absolute atomic E-state index is 10.8. The molecule has 0 saturated carbocycles. The Morgan fingerprint density at radius 2 is 2.42 bits per heavy atom. The molecule has 1 aliphatic heterocycles. The molecule has 1 aliphatic rings. The van der Waals surface area contributed by atoms with Gasteiger partial charge in [0.15, 0.2) is 0 Å². The van der Waals surface area contributed by atoms with E-state index in [-0.39, 0.29) is 24.8 Å². The second-order valence-corrected chi connectivity index (χ2v) is 2.99. The average molecular weight is 174 g/mol. The van der Waals surface area contributed by atoms with Gasteiger partial charge in [-0.1, -0.05) is 6.92 Å². The second kappa shape index (κ2) is 4.42. The summed E-state index contributed by atoms with van der Waals surface area (Å²) in [4.78, 5) is 10.8. The van der Waals surface area contributed by atoms with Crippen molar-refractivity contribution in [3.05, 3.63) is 0 Å². The fraction of sp³-hybridized carbons (Fsp3) is 0.875. The Morgan fingerprint density at radius 3 is 2.92 bits per heavy atom. The van der Waals surface area contributed by atoms with Gasteiger partial charge in [0, 0.05) is 13.0 Å². The van der Waals surface area contributed by atoms with Crippen LogP contribution in [0.5, 0.6) is 0 Å². The summed E-state index contributed by atoms with van der Waals surface area (Å²) in [7, 11) is 1.56. The predicted molar refractivity (Wildman–Crippen MR) is 41.5 cm³/mol. The van der Waals surface area contributed by atoms with Crippen LogP contribution in [0.2, 0.25) is 0 Å². The van der Waals surface area contributed by atoms with Crippen molar-refractivity contribution in [1.29, 1.82) is 0 Å². The van der Waals surface area contributed by atoms with Crippen molar-refractivity contribution in [2.24, 2.45) is 5.92 Å². The minimum absolute atomic E-state index is 0.0901. The van der Waals surface area contributed by atoms with Gasteiger partial charge in [0.2, 0.25) is 0 Å². The monoisotopic (exact) mass is 174 g/mol. The Labute approximate surface area is 71.8 Å². The average Bonchev–Trinajstić information content (AvgIpc) is 2.31. The minimum atomic E-state index is -0.131. The van der Waals surface area contributed by atoms with Crippen molar-refractivity contribution in [2.75, 3.05) is 20.5 Å². The van der Waals surface area contributed by atoms with Gasteiger partial charge in [0.25, 0.3) is 0 Å². The highest BCUT2D eigenvalue weighted by Gasteiger charge is 2.31. The summed E-state index contributed by atoms with van der Waals surface area (Å²) in [6.45, 7) is 2.66. The first kappa shape index (κ1) is 9.48. The van der Waals surface area contributed by atoms with Crippen LogP contribution in [0, 0.1) is 5.92 Å². The lowest BCUT2D eigenvalue weighted by molar-refractivity contribution is -0.145. The third-order valence-electron chi connectivity index (χ3n) is 1.89. The zero-order chi connectivity index (χ0) is 8.97. The smallest absolute Gasteiger partial charge is 0.306 e. The molecule has 4 heteroatoms. The lowest BCUT2D eigenvalue weighted by Gasteiger charge is -2.12. The summed E-state index contributed by atoms with van der Waals surface area (Å²) in [5.41, 5.74) is 0. The van der Waals surface area contributed by atoms with Crippen LogP contribution in [0.15, 0.2) is 0 Å². The van der Waals surface area contributed by atoms with Crippen LogP contribution in [-0.2, 0) is 19.0 Å². The van der Waals surface area contributed by atoms with Crippen LogP contribution in [0.4, 0.5) is 0 Å². The Bertz CT molecular complexity index is 157. The van der Waals surface area contributed by atoms with E-state index in [4.69, 9.17) is 14.2 Å². The van der Waals surface area contributed by atoms with Gasteiger partial charge in [-0.25, -0.2) is 0 Å². The Morgan fingerprint density at radius 1 is 1.67 bits per heavy atom. The standard InChI is InChI=1S/C8H14O4/c1-6-3-8(9)12-7(6)4-11-5-10-2/h6-7H,3-5H2,1-2H3/t6-,7?/m0/s1. The van der Waals surface area contributed by atoms with Crippen molar-refractivity contribution in [1.82, 2.24) is 0 Å². The van der Waals surface area contributed by atoms with Gasteiger partial charge in [-0.2, -0.15) is 0 Å². The van der Waals surface area contributed by atoms with E-state index in [1.165, 1.54) is 0 Å². The van der Waals surface area contributed by atoms with E-state index >= 15 is 0 Å². The Balaban J connectivity index is 2.19. The minimum Gasteiger partial charge on any atom is -0.460 e.